The minimum absolute atomic E-state index is 0.0729. The molecule has 10 nitrogen and oxygen atoms in total. The summed E-state index contributed by atoms with van der Waals surface area (Å²) in [7, 11) is 1.58. The van der Waals surface area contributed by atoms with Gasteiger partial charge in [-0.25, -0.2) is 4.68 Å². The molecule has 1 aliphatic rings. The summed E-state index contributed by atoms with van der Waals surface area (Å²) in [4.78, 5) is 39.5. The third-order valence-corrected chi connectivity index (χ3v) is 5.81. The molecule has 0 spiro atoms. The number of anilines is 3. The molecule has 0 fully saturated rings. The van der Waals surface area contributed by atoms with Gasteiger partial charge in [-0.3, -0.25) is 19.3 Å². The Bertz CT molecular complexity index is 1480. The number of ether oxygens (including phenoxy) is 1. The lowest BCUT2D eigenvalue weighted by atomic mass is 10.1. The largest absolute Gasteiger partial charge is 0.497 e. The molecule has 10 heteroatoms. The van der Waals surface area contributed by atoms with Crippen molar-refractivity contribution in [2.75, 3.05) is 29.2 Å². The van der Waals surface area contributed by atoms with E-state index < -0.39 is 5.91 Å². The van der Waals surface area contributed by atoms with E-state index in [0.717, 1.165) is 0 Å². The number of carbonyl (C=O) groups excluding carboxylic acids is 3. The van der Waals surface area contributed by atoms with Crippen LogP contribution in [-0.4, -0.2) is 46.4 Å². The third kappa shape index (κ3) is 4.27. The Kier molecular flexibility index (Phi) is 5.91. The molecule has 1 aromatic heterocycles. The average molecular weight is 483 g/mol. The highest BCUT2D eigenvalue weighted by Crippen LogP contribution is 2.30. The van der Waals surface area contributed by atoms with Crippen LogP contribution in [0.25, 0.3) is 5.69 Å². The predicted molar refractivity (Wildman–Crippen MR) is 134 cm³/mol. The molecule has 3 aromatic carbocycles. The zero-order chi connectivity index (χ0) is 25.2. The first kappa shape index (κ1) is 22.8. The zero-order valence-corrected chi connectivity index (χ0v) is 19.6. The maximum Gasteiger partial charge on any atom is 0.278 e. The maximum atomic E-state index is 13.1. The highest BCUT2D eigenvalue weighted by Gasteiger charge is 2.27. The van der Waals surface area contributed by atoms with Crippen molar-refractivity contribution in [2.24, 2.45) is 0 Å². The number of hydrogen-bond donors (Lipinski definition) is 2. The molecule has 0 atom stereocenters. The molecule has 5 rings (SSSR count). The second-order valence-electron chi connectivity index (χ2n) is 8.12. The first-order valence-corrected chi connectivity index (χ1v) is 11.1. The number of amides is 3. The molecule has 4 aromatic rings. The number of rotatable bonds is 5. The lowest BCUT2D eigenvalue weighted by Gasteiger charge is -2.29. The van der Waals surface area contributed by atoms with Gasteiger partial charge in [0.15, 0.2) is 5.69 Å². The molecule has 2 heterocycles. The number of para-hydroxylation sites is 2. The van der Waals surface area contributed by atoms with Gasteiger partial charge in [0.25, 0.3) is 11.8 Å². The monoisotopic (exact) mass is 482 g/mol. The smallest absolute Gasteiger partial charge is 0.278 e. The second kappa shape index (κ2) is 9.34. The predicted octanol–water partition coefficient (Wildman–Crippen LogP) is 3.44. The van der Waals surface area contributed by atoms with Crippen LogP contribution in [0.4, 0.5) is 17.1 Å². The highest BCUT2D eigenvalue weighted by molar-refractivity contribution is 6.15. The van der Waals surface area contributed by atoms with Crippen LogP contribution >= 0.6 is 0 Å². The molecular weight excluding hydrogens is 460 g/mol. The van der Waals surface area contributed by atoms with E-state index in [4.69, 9.17) is 4.74 Å². The Hall–Kier alpha value is -4.99. The summed E-state index contributed by atoms with van der Waals surface area (Å²) in [5.41, 5.74) is 3.55. The molecule has 0 radical (unpaired) electrons. The third-order valence-electron chi connectivity index (χ3n) is 5.81. The molecule has 36 heavy (non-hydrogen) atoms. The Morgan fingerprint density at radius 2 is 1.81 bits per heavy atom. The zero-order valence-electron chi connectivity index (χ0n) is 19.6. The Balaban J connectivity index is 1.31. The van der Waals surface area contributed by atoms with Gasteiger partial charge >= 0.3 is 0 Å². The van der Waals surface area contributed by atoms with Crippen LogP contribution in [0.15, 0.2) is 72.8 Å². The Labute approximate surface area is 206 Å². The molecule has 0 saturated carbocycles. The summed E-state index contributed by atoms with van der Waals surface area (Å²) in [5.74, 6) is -0.338. The lowest BCUT2D eigenvalue weighted by molar-refractivity contribution is -0.115. The molecular formula is C26H22N6O4. The molecule has 1 aliphatic heterocycles. The molecule has 2 N–H and O–H groups in total. The summed E-state index contributed by atoms with van der Waals surface area (Å²) in [5, 5.41) is 13.7. The van der Waals surface area contributed by atoms with Gasteiger partial charge in [0, 0.05) is 17.3 Å². The Morgan fingerprint density at radius 3 is 2.58 bits per heavy atom. The van der Waals surface area contributed by atoms with E-state index >= 15 is 0 Å². The van der Waals surface area contributed by atoms with Crippen LogP contribution in [0, 0.1) is 6.92 Å². The molecule has 0 unspecified atom stereocenters. The number of hydrogen-bond acceptors (Lipinski definition) is 6. The number of nitrogens with one attached hydrogen (secondary N) is 2. The quantitative estimate of drug-likeness (QED) is 0.450. The van der Waals surface area contributed by atoms with E-state index in [1.54, 1.807) is 67.2 Å². The van der Waals surface area contributed by atoms with Crippen molar-refractivity contribution >= 4 is 34.8 Å². The fourth-order valence-electron chi connectivity index (χ4n) is 3.98. The SMILES string of the molecule is COc1cccc(-n2nnc(C(=O)Nc3ccc(C(=O)N4CC(=O)Nc5ccccc54)cc3)c2C)c1. The molecule has 180 valence electrons. The standard InChI is InChI=1S/C26H22N6O4/c1-16-24(29-30-32(16)19-6-5-7-20(14-19)36-2)25(34)27-18-12-10-17(11-13-18)26(35)31-15-23(33)28-21-8-3-4-9-22(21)31/h3-14H,15H2,1-2H3,(H,27,34)(H,28,33). The van der Waals surface area contributed by atoms with Crippen LogP contribution < -0.4 is 20.3 Å². The van der Waals surface area contributed by atoms with Crippen molar-refractivity contribution in [1.82, 2.24) is 15.0 Å². The van der Waals surface area contributed by atoms with Gasteiger partial charge in [-0.05, 0) is 55.5 Å². The van der Waals surface area contributed by atoms with E-state index in [1.807, 2.05) is 24.3 Å². The number of benzene rings is 3. The van der Waals surface area contributed by atoms with Crippen molar-refractivity contribution in [1.29, 1.82) is 0 Å². The average Bonchev–Trinajstić information content (AvgIpc) is 3.29. The van der Waals surface area contributed by atoms with Crippen molar-refractivity contribution in [3.8, 4) is 11.4 Å². The normalized spacial score (nSPS) is 12.5. The van der Waals surface area contributed by atoms with Gasteiger partial charge in [0.2, 0.25) is 5.91 Å². The van der Waals surface area contributed by atoms with Crippen molar-refractivity contribution in [2.45, 2.75) is 6.92 Å². The number of carbonyl (C=O) groups is 3. The number of aromatic nitrogens is 3. The van der Waals surface area contributed by atoms with E-state index in [0.29, 0.717) is 39.8 Å². The van der Waals surface area contributed by atoms with Gasteiger partial charge in [-0.1, -0.05) is 23.4 Å². The lowest BCUT2D eigenvalue weighted by Crippen LogP contribution is -2.42. The Morgan fingerprint density at radius 1 is 1.03 bits per heavy atom. The van der Waals surface area contributed by atoms with Gasteiger partial charge in [0.1, 0.15) is 12.3 Å². The van der Waals surface area contributed by atoms with Crippen molar-refractivity contribution in [3.63, 3.8) is 0 Å². The number of methoxy groups -OCH3 is 1. The molecule has 0 aliphatic carbocycles. The first-order valence-electron chi connectivity index (χ1n) is 11.1. The van der Waals surface area contributed by atoms with Gasteiger partial charge < -0.3 is 15.4 Å². The van der Waals surface area contributed by atoms with E-state index in [9.17, 15) is 14.4 Å². The summed E-state index contributed by atoms with van der Waals surface area (Å²) >= 11 is 0. The topological polar surface area (TPSA) is 118 Å². The first-order chi connectivity index (χ1) is 17.4. The minimum Gasteiger partial charge on any atom is -0.497 e. The van der Waals surface area contributed by atoms with E-state index in [-0.39, 0.29) is 24.1 Å². The van der Waals surface area contributed by atoms with Crippen LogP contribution in [0.3, 0.4) is 0 Å². The van der Waals surface area contributed by atoms with Gasteiger partial charge in [-0.15, -0.1) is 5.10 Å². The molecule has 0 saturated heterocycles. The van der Waals surface area contributed by atoms with Gasteiger partial charge in [-0.2, -0.15) is 0 Å². The van der Waals surface area contributed by atoms with E-state index in [2.05, 4.69) is 20.9 Å². The van der Waals surface area contributed by atoms with Crippen molar-refractivity contribution in [3.05, 3.63) is 89.7 Å². The second-order valence-corrected chi connectivity index (χ2v) is 8.12. The molecule has 0 bridgehead atoms. The highest BCUT2D eigenvalue weighted by atomic mass is 16.5. The van der Waals surface area contributed by atoms with Crippen LogP contribution in [0.1, 0.15) is 26.5 Å². The van der Waals surface area contributed by atoms with Crippen LogP contribution in [0.2, 0.25) is 0 Å². The van der Waals surface area contributed by atoms with Gasteiger partial charge in [0.05, 0.1) is 29.9 Å². The summed E-state index contributed by atoms with van der Waals surface area (Å²) in [6.07, 6.45) is 0. The maximum absolute atomic E-state index is 13.1. The van der Waals surface area contributed by atoms with Crippen LogP contribution in [-0.2, 0) is 4.79 Å². The fourth-order valence-corrected chi connectivity index (χ4v) is 3.98. The summed E-state index contributed by atoms with van der Waals surface area (Å²) < 4.78 is 6.81. The summed E-state index contributed by atoms with van der Waals surface area (Å²) in [6.45, 7) is 1.68. The molecule has 3 amide bonds. The van der Waals surface area contributed by atoms with Crippen molar-refractivity contribution < 1.29 is 19.1 Å². The summed E-state index contributed by atoms with van der Waals surface area (Å²) in [6, 6.07) is 20.9. The minimum atomic E-state index is -0.428. The number of nitrogens with zero attached hydrogens (tertiary/aromatic N) is 4. The van der Waals surface area contributed by atoms with E-state index in [1.165, 1.54) is 4.90 Å². The van der Waals surface area contributed by atoms with Crippen LogP contribution in [0.5, 0.6) is 5.75 Å². The fraction of sp³-hybridized carbons (Fsp3) is 0.115. The number of fused-ring (bicyclic) bond motifs is 1.